The van der Waals surface area contributed by atoms with Crippen LogP contribution in [0.5, 0.6) is 0 Å². The summed E-state index contributed by atoms with van der Waals surface area (Å²) in [6.45, 7) is 5.60. The van der Waals surface area contributed by atoms with E-state index in [1.165, 1.54) is 6.39 Å². The Kier molecular flexibility index (Phi) is 3.70. The second-order valence-electron chi connectivity index (χ2n) is 6.44. The van der Waals surface area contributed by atoms with E-state index < -0.39 is 0 Å². The van der Waals surface area contributed by atoms with Crippen molar-refractivity contribution in [2.24, 2.45) is 11.1 Å². The maximum atomic E-state index is 12.6. The number of carbonyl (C=O) groups excluding carboxylic acids is 1. The van der Waals surface area contributed by atoms with Crippen molar-refractivity contribution in [2.75, 3.05) is 13.1 Å². The van der Waals surface area contributed by atoms with Gasteiger partial charge in [0.15, 0.2) is 0 Å². The first-order chi connectivity index (χ1) is 10.5. The number of likely N-dealkylation sites (tertiary alicyclic amines) is 1. The molecule has 22 heavy (non-hydrogen) atoms. The molecule has 1 fully saturated rings. The lowest BCUT2D eigenvalue weighted by atomic mass is 9.79. The second-order valence-corrected chi connectivity index (χ2v) is 6.44. The Labute approximate surface area is 129 Å². The molecule has 1 aliphatic rings. The molecule has 0 bridgehead atoms. The lowest BCUT2D eigenvalue weighted by Crippen LogP contribution is -2.53. The van der Waals surface area contributed by atoms with Crippen LogP contribution in [-0.2, 0) is 0 Å². The first kappa shape index (κ1) is 14.7. The van der Waals surface area contributed by atoms with E-state index in [0.29, 0.717) is 24.5 Å². The van der Waals surface area contributed by atoms with Crippen molar-refractivity contribution in [1.29, 1.82) is 0 Å². The van der Waals surface area contributed by atoms with Gasteiger partial charge in [-0.3, -0.25) is 4.79 Å². The number of nitrogens with two attached hydrogens (primary N) is 1. The summed E-state index contributed by atoms with van der Waals surface area (Å²) < 4.78 is 4.73. The average molecular weight is 300 g/mol. The maximum absolute atomic E-state index is 12.6. The quantitative estimate of drug-likeness (QED) is 0.916. The topological polar surface area (TPSA) is 85.2 Å². The normalized spacial score (nSPS) is 20.9. The van der Waals surface area contributed by atoms with Crippen LogP contribution in [-0.4, -0.2) is 40.1 Å². The number of amides is 1. The van der Waals surface area contributed by atoms with Gasteiger partial charge < -0.3 is 15.2 Å². The summed E-state index contributed by atoms with van der Waals surface area (Å²) in [6, 6.07) is 7.40. The molecular weight excluding hydrogens is 280 g/mol. The number of aromatic nitrogens is 2. The Bertz CT molecular complexity index is 649. The number of hydrogen-bond acceptors (Lipinski definition) is 5. The largest absolute Gasteiger partial charge is 0.342 e. The summed E-state index contributed by atoms with van der Waals surface area (Å²) in [5.74, 6) is 0.559. The number of benzene rings is 1. The van der Waals surface area contributed by atoms with Crippen molar-refractivity contribution in [3.05, 3.63) is 36.2 Å². The van der Waals surface area contributed by atoms with E-state index in [0.717, 1.165) is 12.0 Å². The van der Waals surface area contributed by atoms with Crippen molar-refractivity contribution in [3.63, 3.8) is 0 Å². The minimum atomic E-state index is -0.0571. The monoisotopic (exact) mass is 300 g/mol. The van der Waals surface area contributed by atoms with E-state index >= 15 is 0 Å². The van der Waals surface area contributed by atoms with Crippen LogP contribution in [0.25, 0.3) is 11.4 Å². The summed E-state index contributed by atoms with van der Waals surface area (Å²) in [5.41, 5.74) is 7.56. The van der Waals surface area contributed by atoms with Crippen molar-refractivity contribution in [2.45, 2.75) is 26.3 Å². The lowest BCUT2D eigenvalue weighted by molar-refractivity contribution is 0.0533. The third kappa shape index (κ3) is 2.74. The highest BCUT2D eigenvalue weighted by Gasteiger charge is 2.35. The van der Waals surface area contributed by atoms with Gasteiger partial charge in [0.2, 0.25) is 12.2 Å². The molecule has 1 amide bonds. The van der Waals surface area contributed by atoms with Crippen LogP contribution in [0.1, 0.15) is 30.6 Å². The molecule has 6 heteroatoms. The molecule has 6 nitrogen and oxygen atoms in total. The molecule has 2 N–H and O–H groups in total. The van der Waals surface area contributed by atoms with Crippen LogP contribution in [0.2, 0.25) is 0 Å². The zero-order valence-corrected chi connectivity index (χ0v) is 12.8. The van der Waals surface area contributed by atoms with E-state index in [9.17, 15) is 4.79 Å². The highest BCUT2D eigenvalue weighted by atomic mass is 16.5. The molecule has 0 spiro atoms. The van der Waals surface area contributed by atoms with Gasteiger partial charge in [-0.15, -0.1) is 0 Å². The Hall–Kier alpha value is -2.21. The fourth-order valence-corrected chi connectivity index (χ4v) is 2.79. The van der Waals surface area contributed by atoms with Crippen LogP contribution in [0.4, 0.5) is 0 Å². The van der Waals surface area contributed by atoms with E-state index in [1.807, 2.05) is 17.0 Å². The Balaban J connectivity index is 1.75. The summed E-state index contributed by atoms with van der Waals surface area (Å²) in [7, 11) is 0. The number of carbonyl (C=O) groups is 1. The SMILES string of the molecule is CC1(C)CN(C(=O)c2ccc(-c3ncon3)cc2)CCC1N. The van der Waals surface area contributed by atoms with E-state index in [2.05, 4.69) is 24.0 Å². The first-order valence-corrected chi connectivity index (χ1v) is 7.39. The molecule has 0 radical (unpaired) electrons. The minimum absolute atomic E-state index is 0.0413. The molecule has 0 aliphatic carbocycles. The molecular formula is C16H20N4O2. The Morgan fingerprint density at radius 2 is 2.09 bits per heavy atom. The van der Waals surface area contributed by atoms with Gasteiger partial charge in [-0.05, 0) is 24.0 Å². The van der Waals surface area contributed by atoms with Crippen molar-refractivity contribution < 1.29 is 9.32 Å². The number of rotatable bonds is 2. The molecule has 3 rings (SSSR count). The Morgan fingerprint density at radius 3 is 2.68 bits per heavy atom. The summed E-state index contributed by atoms with van der Waals surface area (Å²) in [4.78, 5) is 18.5. The van der Waals surface area contributed by atoms with Crippen LogP contribution < -0.4 is 5.73 Å². The molecule has 1 atom stereocenters. The molecule has 1 saturated heterocycles. The molecule has 2 heterocycles. The van der Waals surface area contributed by atoms with E-state index in [1.54, 1.807) is 12.1 Å². The molecule has 2 aromatic rings. The summed E-state index contributed by atoms with van der Waals surface area (Å²) in [5, 5.41) is 3.78. The molecule has 1 unspecified atom stereocenters. The zero-order chi connectivity index (χ0) is 15.7. The van der Waals surface area contributed by atoms with Gasteiger partial charge in [-0.25, -0.2) is 0 Å². The van der Waals surface area contributed by atoms with Crippen molar-refractivity contribution in [1.82, 2.24) is 15.0 Å². The molecule has 1 aliphatic heterocycles. The van der Waals surface area contributed by atoms with Gasteiger partial charge >= 0.3 is 0 Å². The number of hydrogen-bond donors (Lipinski definition) is 1. The van der Waals surface area contributed by atoms with E-state index in [4.69, 9.17) is 10.3 Å². The standard InChI is InChI=1S/C16H20N4O2/c1-16(2)9-20(8-7-13(16)17)15(21)12-5-3-11(4-6-12)14-18-10-22-19-14/h3-6,10,13H,7-9,17H2,1-2H3. The van der Waals surface area contributed by atoms with Gasteiger partial charge in [-0.1, -0.05) is 31.1 Å². The fourth-order valence-electron chi connectivity index (χ4n) is 2.79. The van der Waals surface area contributed by atoms with Crippen molar-refractivity contribution >= 4 is 5.91 Å². The molecule has 1 aromatic heterocycles. The third-order valence-corrected chi connectivity index (χ3v) is 4.35. The average Bonchev–Trinajstić information content (AvgIpc) is 3.04. The van der Waals surface area contributed by atoms with Gasteiger partial charge in [0.05, 0.1) is 0 Å². The van der Waals surface area contributed by atoms with Crippen LogP contribution in [0.15, 0.2) is 35.2 Å². The maximum Gasteiger partial charge on any atom is 0.253 e. The Morgan fingerprint density at radius 1 is 1.36 bits per heavy atom. The lowest BCUT2D eigenvalue weighted by Gasteiger charge is -2.42. The van der Waals surface area contributed by atoms with Gasteiger partial charge in [0, 0.05) is 30.3 Å². The van der Waals surface area contributed by atoms with Crippen LogP contribution in [0, 0.1) is 5.41 Å². The molecule has 1 aromatic carbocycles. The minimum Gasteiger partial charge on any atom is -0.342 e. The third-order valence-electron chi connectivity index (χ3n) is 4.35. The smallest absolute Gasteiger partial charge is 0.253 e. The predicted octanol–water partition coefficient (Wildman–Crippen LogP) is 1.94. The highest BCUT2D eigenvalue weighted by molar-refractivity contribution is 5.94. The second kappa shape index (κ2) is 5.53. The fraction of sp³-hybridized carbons (Fsp3) is 0.438. The van der Waals surface area contributed by atoms with Crippen LogP contribution >= 0.6 is 0 Å². The van der Waals surface area contributed by atoms with E-state index in [-0.39, 0.29) is 17.4 Å². The van der Waals surface area contributed by atoms with Gasteiger partial charge in [0.1, 0.15) is 0 Å². The predicted molar refractivity (Wildman–Crippen MR) is 82.0 cm³/mol. The molecule has 116 valence electrons. The number of nitrogens with zero attached hydrogens (tertiary/aromatic N) is 3. The van der Waals surface area contributed by atoms with Crippen LogP contribution in [0.3, 0.4) is 0 Å². The first-order valence-electron chi connectivity index (χ1n) is 7.39. The highest BCUT2D eigenvalue weighted by Crippen LogP contribution is 2.28. The number of piperidine rings is 1. The summed E-state index contributed by atoms with van der Waals surface area (Å²) in [6.07, 6.45) is 2.12. The molecule has 0 saturated carbocycles. The summed E-state index contributed by atoms with van der Waals surface area (Å²) >= 11 is 0. The van der Waals surface area contributed by atoms with Gasteiger partial charge in [-0.2, -0.15) is 4.98 Å². The van der Waals surface area contributed by atoms with Gasteiger partial charge in [0.25, 0.3) is 5.91 Å². The van der Waals surface area contributed by atoms with Crippen molar-refractivity contribution in [3.8, 4) is 11.4 Å². The zero-order valence-electron chi connectivity index (χ0n) is 12.8.